The van der Waals surface area contributed by atoms with Crippen molar-refractivity contribution < 1.29 is 30.6 Å². The molecule has 0 N–H and O–H groups in total. The zero-order valence-electron chi connectivity index (χ0n) is 6.39. The molecule has 0 saturated heterocycles. The number of hydrogen-bond donors (Lipinski definition) is 0. The van der Waals surface area contributed by atoms with Crippen molar-refractivity contribution in [1.82, 2.24) is 0 Å². The van der Waals surface area contributed by atoms with E-state index in [4.69, 9.17) is 0 Å². The first-order valence-electron chi connectivity index (χ1n) is 3.02. The highest BCUT2D eigenvalue weighted by Gasteiger charge is 2.23. The maximum absolute atomic E-state index is 11.4. The number of allylic oxidation sites excluding steroid dienone is 2. The average Bonchev–Trinajstić information content (AvgIpc) is 1.94. The first-order valence-corrected chi connectivity index (χ1v) is 4.29. The van der Waals surface area contributed by atoms with Gasteiger partial charge in [0.15, 0.2) is 0 Å². The summed E-state index contributed by atoms with van der Waals surface area (Å²) in [5.74, 6) is 0. The van der Waals surface area contributed by atoms with Crippen LogP contribution in [0.3, 0.4) is 0 Å². The Labute approximate surface area is 77.6 Å². The third kappa shape index (κ3) is 9.30. The molecule has 0 aliphatic heterocycles. The summed E-state index contributed by atoms with van der Waals surface area (Å²) < 4.78 is 79.0. The molecule has 1 nitrogen and oxygen atoms in total. The van der Waals surface area contributed by atoms with Crippen LogP contribution in [0.2, 0.25) is 0 Å². The van der Waals surface area contributed by atoms with E-state index in [0.29, 0.717) is 0 Å². The smallest absolute Gasteiger partial charge is 0.250 e. The minimum absolute atomic E-state index is 0.127. The Kier molecular flexibility index (Phi) is 4.37. The van der Waals surface area contributed by atoms with Gasteiger partial charge in [-0.25, -0.2) is 0 Å². The number of rotatable bonds is 2. The molecule has 0 radical (unpaired) electrons. The van der Waals surface area contributed by atoms with Gasteiger partial charge in [0.2, 0.25) is 0 Å². The van der Waals surface area contributed by atoms with E-state index in [1.165, 1.54) is 0 Å². The zero-order valence-corrected chi connectivity index (χ0v) is 7.21. The van der Waals surface area contributed by atoms with Crippen LogP contribution in [-0.4, -0.2) is 16.6 Å². The van der Waals surface area contributed by atoms with Crippen LogP contribution < -0.4 is 0 Å². The monoisotopic (exact) mass is 238 g/mol. The van der Waals surface area contributed by atoms with Crippen LogP contribution in [-0.2, 0) is 10.8 Å². The van der Waals surface area contributed by atoms with E-state index >= 15 is 0 Å². The van der Waals surface area contributed by atoms with Crippen LogP contribution >= 0.6 is 0 Å². The van der Waals surface area contributed by atoms with E-state index in [0.717, 1.165) is 0 Å². The Morgan fingerprint density at radius 1 is 0.786 bits per heavy atom. The minimum atomic E-state index is -4.68. The van der Waals surface area contributed by atoms with E-state index in [9.17, 15) is 30.6 Å². The van der Waals surface area contributed by atoms with E-state index in [1.807, 2.05) is 0 Å². The average molecular weight is 238 g/mol. The molecule has 0 atom stereocenters. The normalized spacial score (nSPS) is 16.7. The van der Waals surface area contributed by atoms with Crippen molar-refractivity contribution in [2.24, 2.45) is 0 Å². The molecule has 0 rings (SSSR count). The molecule has 0 aliphatic rings. The fraction of sp³-hybridized carbons (Fsp3) is 0.333. The van der Waals surface area contributed by atoms with E-state index in [-0.39, 0.29) is 23.0 Å². The third-order valence-corrected chi connectivity index (χ3v) is 1.59. The molecular formula is C6H4F6OS. The van der Waals surface area contributed by atoms with E-state index in [1.54, 1.807) is 0 Å². The number of halogens is 6. The SMILES string of the molecule is O=S(C=CC(F)(F)F)C=CC(F)(F)F. The molecule has 0 aliphatic carbocycles. The van der Waals surface area contributed by atoms with Gasteiger partial charge in [-0.1, -0.05) is 0 Å². The lowest BCUT2D eigenvalue weighted by atomic mass is 10.6. The van der Waals surface area contributed by atoms with Gasteiger partial charge in [-0.2, -0.15) is 26.3 Å². The summed E-state index contributed by atoms with van der Waals surface area (Å²) in [6, 6.07) is 0. The molecule has 0 bridgehead atoms. The lowest BCUT2D eigenvalue weighted by molar-refractivity contribution is -0.0804. The fourth-order valence-electron chi connectivity index (χ4n) is 0.334. The highest BCUT2D eigenvalue weighted by molar-refractivity contribution is 7.90. The van der Waals surface area contributed by atoms with Crippen LogP contribution in [0.25, 0.3) is 0 Å². The Balaban J connectivity index is 4.27. The molecule has 0 aromatic heterocycles. The van der Waals surface area contributed by atoms with Crippen LogP contribution in [0.5, 0.6) is 0 Å². The van der Waals surface area contributed by atoms with Crippen molar-refractivity contribution in [2.45, 2.75) is 12.4 Å². The zero-order chi connectivity index (χ0) is 11.4. The molecule has 0 heterocycles. The van der Waals surface area contributed by atoms with Gasteiger partial charge in [0.25, 0.3) is 0 Å². The Bertz CT molecular complexity index is 234. The van der Waals surface area contributed by atoms with E-state index < -0.39 is 23.2 Å². The summed E-state index contributed by atoms with van der Waals surface area (Å²) in [6.45, 7) is 0. The van der Waals surface area contributed by atoms with Gasteiger partial charge in [0.1, 0.15) is 0 Å². The predicted molar refractivity (Wildman–Crippen MR) is 38.5 cm³/mol. The fourth-order valence-corrected chi connectivity index (χ4v) is 1.00. The maximum atomic E-state index is 11.4. The standard InChI is InChI=1S/C6H4F6OS/c7-5(8,9)1-3-14(13)4-2-6(10,11)12/h1-4H. The largest absolute Gasteiger partial charge is 0.410 e. The third-order valence-electron chi connectivity index (χ3n) is 0.782. The topological polar surface area (TPSA) is 17.1 Å². The van der Waals surface area contributed by atoms with Crippen molar-refractivity contribution in [3.63, 3.8) is 0 Å². The Morgan fingerprint density at radius 2 is 1.07 bits per heavy atom. The molecule has 0 aromatic rings. The molecule has 0 fully saturated rings. The van der Waals surface area contributed by atoms with E-state index in [2.05, 4.69) is 0 Å². The highest BCUT2D eigenvalue weighted by atomic mass is 32.2. The second-order valence-electron chi connectivity index (χ2n) is 2.02. The minimum Gasteiger partial charge on any atom is -0.250 e. The summed E-state index contributed by atoms with van der Waals surface area (Å²) in [5.41, 5.74) is 0. The van der Waals surface area contributed by atoms with Crippen molar-refractivity contribution in [3.05, 3.63) is 23.0 Å². The van der Waals surface area contributed by atoms with Crippen LogP contribution in [0.15, 0.2) is 23.0 Å². The number of alkyl halides is 6. The molecular weight excluding hydrogens is 234 g/mol. The summed E-state index contributed by atoms with van der Waals surface area (Å²) in [7, 11) is -2.41. The summed E-state index contributed by atoms with van der Waals surface area (Å²) in [5, 5.41) is 0.254. The predicted octanol–water partition coefficient (Wildman–Crippen LogP) is 2.89. The van der Waals surface area contributed by atoms with Gasteiger partial charge in [-0.3, -0.25) is 4.21 Å². The van der Waals surface area contributed by atoms with Crippen molar-refractivity contribution in [2.75, 3.05) is 0 Å². The van der Waals surface area contributed by atoms with Gasteiger partial charge < -0.3 is 0 Å². The number of hydrogen-bond acceptors (Lipinski definition) is 1. The van der Waals surface area contributed by atoms with Crippen LogP contribution in [0.1, 0.15) is 0 Å². The maximum Gasteiger partial charge on any atom is 0.410 e. The molecule has 0 aromatic carbocycles. The van der Waals surface area contributed by atoms with Gasteiger partial charge in [-0.05, 0) is 0 Å². The van der Waals surface area contributed by atoms with Gasteiger partial charge in [0, 0.05) is 23.0 Å². The van der Waals surface area contributed by atoms with Gasteiger partial charge in [-0.15, -0.1) is 0 Å². The molecule has 0 unspecified atom stereocenters. The van der Waals surface area contributed by atoms with Crippen LogP contribution in [0, 0.1) is 0 Å². The quantitative estimate of drug-likeness (QED) is 0.676. The Hall–Kier alpha value is -0.790. The van der Waals surface area contributed by atoms with Gasteiger partial charge in [0.05, 0.1) is 10.8 Å². The first kappa shape index (κ1) is 13.2. The Morgan fingerprint density at radius 3 is 1.29 bits per heavy atom. The summed E-state index contributed by atoms with van der Waals surface area (Å²) >= 11 is 0. The van der Waals surface area contributed by atoms with Crippen LogP contribution in [0.4, 0.5) is 26.3 Å². The second kappa shape index (κ2) is 4.63. The second-order valence-corrected chi connectivity index (χ2v) is 3.22. The molecule has 0 spiro atoms. The van der Waals surface area contributed by atoms with Gasteiger partial charge >= 0.3 is 12.4 Å². The van der Waals surface area contributed by atoms with Crippen molar-refractivity contribution in [1.29, 1.82) is 0 Å². The summed E-state index contributed by atoms with van der Waals surface area (Å²) in [6.07, 6.45) is -10.1. The lowest BCUT2D eigenvalue weighted by Gasteiger charge is -1.97. The molecule has 8 heteroatoms. The van der Waals surface area contributed by atoms with Crippen molar-refractivity contribution in [3.8, 4) is 0 Å². The van der Waals surface area contributed by atoms with Crippen molar-refractivity contribution >= 4 is 10.8 Å². The molecule has 14 heavy (non-hydrogen) atoms. The highest BCUT2D eigenvalue weighted by Crippen LogP contribution is 2.18. The summed E-state index contributed by atoms with van der Waals surface area (Å²) in [4.78, 5) is 0. The molecule has 0 saturated carbocycles. The molecule has 0 amide bonds. The lowest BCUT2D eigenvalue weighted by Crippen LogP contribution is -2.02. The molecule has 82 valence electrons. The first-order chi connectivity index (χ1) is 6.10.